The number of carbonyl (C=O) groups is 2. The molecule has 0 radical (unpaired) electrons. The fourth-order valence-corrected chi connectivity index (χ4v) is 3.36. The average molecular weight is 434 g/mol. The van der Waals surface area contributed by atoms with Gasteiger partial charge in [0.15, 0.2) is 0 Å². The monoisotopic (exact) mass is 433 g/mol. The predicted octanol–water partition coefficient (Wildman–Crippen LogP) is 3.64. The standard InChI is InChI=1S/C25H31N5O2/c1-17(2)21(29-23(31)18-8-10-20(11-9-18)25(3,4)5)24(32)28-15-19-7-6-12-27-22(19)30-14-13-26-16-30/h6-14,16-17,21H,15H2,1-5H3,(H,28,32)(H,29,31). The van der Waals surface area contributed by atoms with Crippen LogP contribution in [0.4, 0.5) is 0 Å². The number of aromatic nitrogens is 3. The highest BCUT2D eigenvalue weighted by atomic mass is 16.2. The summed E-state index contributed by atoms with van der Waals surface area (Å²) in [6.07, 6.45) is 6.84. The topological polar surface area (TPSA) is 88.9 Å². The third-order valence-corrected chi connectivity index (χ3v) is 5.32. The van der Waals surface area contributed by atoms with Gasteiger partial charge in [-0.1, -0.05) is 52.8 Å². The summed E-state index contributed by atoms with van der Waals surface area (Å²) in [5.41, 5.74) is 2.55. The molecule has 1 atom stereocenters. The van der Waals surface area contributed by atoms with Crippen molar-refractivity contribution in [3.05, 3.63) is 78.0 Å². The first-order valence-corrected chi connectivity index (χ1v) is 10.8. The Hall–Kier alpha value is -3.48. The van der Waals surface area contributed by atoms with Crippen molar-refractivity contribution >= 4 is 11.8 Å². The zero-order valence-corrected chi connectivity index (χ0v) is 19.3. The van der Waals surface area contributed by atoms with E-state index in [2.05, 4.69) is 41.4 Å². The summed E-state index contributed by atoms with van der Waals surface area (Å²) in [5.74, 6) is 0.129. The molecule has 32 heavy (non-hydrogen) atoms. The average Bonchev–Trinajstić information content (AvgIpc) is 3.30. The molecule has 2 heterocycles. The van der Waals surface area contributed by atoms with Crippen LogP contribution in [0.1, 0.15) is 56.1 Å². The van der Waals surface area contributed by atoms with Crippen LogP contribution in [0.5, 0.6) is 0 Å². The molecule has 3 rings (SSSR count). The van der Waals surface area contributed by atoms with Gasteiger partial charge in [-0.25, -0.2) is 9.97 Å². The second-order valence-corrected chi connectivity index (χ2v) is 9.20. The quantitative estimate of drug-likeness (QED) is 0.595. The molecule has 1 aromatic carbocycles. The molecule has 7 nitrogen and oxygen atoms in total. The molecule has 0 fully saturated rings. The number of hydrogen-bond acceptors (Lipinski definition) is 4. The summed E-state index contributed by atoms with van der Waals surface area (Å²) in [7, 11) is 0. The molecule has 1 unspecified atom stereocenters. The number of imidazole rings is 1. The van der Waals surface area contributed by atoms with Crippen molar-refractivity contribution in [3.8, 4) is 5.82 Å². The largest absolute Gasteiger partial charge is 0.350 e. The molecule has 0 spiro atoms. The minimum Gasteiger partial charge on any atom is -0.350 e. The number of nitrogens with one attached hydrogen (secondary N) is 2. The lowest BCUT2D eigenvalue weighted by atomic mass is 9.86. The van der Waals surface area contributed by atoms with Crippen LogP contribution >= 0.6 is 0 Å². The Bertz CT molecular complexity index is 1050. The SMILES string of the molecule is CC(C)C(NC(=O)c1ccc(C(C)(C)C)cc1)C(=O)NCc1cccnc1-n1ccnc1. The predicted molar refractivity (Wildman–Crippen MR) is 124 cm³/mol. The lowest BCUT2D eigenvalue weighted by molar-refractivity contribution is -0.124. The van der Waals surface area contributed by atoms with E-state index in [0.29, 0.717) is 17.9 Å². The molecule has 0 aliphatic carbocycles. The molecule has 0 aliphatic rings. The van der Waals surface area contributed by atoms with Gasteiger partial charge in [-0.15, -0.1) is 0 Å². The van der Waals surface area contributed by atoms with Gasteiger partial charge in [0, 0.05) is 36.3 Å². The van der Waals surface area contributed by atoms with E-state index in [1.165, 1.54) is 0 Å². The summed E-state index contributed by atoms with van der Waals surface area (Å²) in [6.45, 7) is 10.5. The van der Waals surface area contributed by atoms with Crippen LogP contribution in [0.25, 0.3) is 5.82 Å². The van der Waals surface area contributed by atoms with Crippen LogP contribution in [0, 0.1) is 5.92 Å². The van der Waals surface area contributed by atoms with Crippen molar-refractivity contribution in [3.63, 3.8) is 0 Å². The fourth-order valence-electron chi connectivity index (χ4n) is 3.36. The first-order valence-electron chi connectivity index (χ1n) is 10.8. The van der Waals surface area contributed by atoms with Gasteiger partial charge in [-0.3, -0.25) is 14.2 Å². The molecule has 3 aromatic rings. The van der Waals surface area contributed by atoms with Gasteiger partial charge in [-0.2, -0.15) is 0 Å². The zero-order valence-electron chi connectivity index (χ0n) is 19.3. The number of pyridine rings is 1. The number of benzene rings is 1. The molecule has 168 valence electrons. The normalized spacial score (nSPS) is 12.4. The second kappa shape index (κ2) is 9.77. The number of rotatable bonds is 7. The molecular formula is C25H31N5O2. The fraction of sp³-hybridized carbons (Fsp3) is 0.360. The van der Waals surface area contributed by atoms with Crippen LogP contribution in [0.3, 0.4) is 0 Å². The molecule has 7 heteroatoms. The number of nitrogens with zero attached hydrogens (tertiary/aromatic N) is 3. The van der Waals surface area contributed by atoms with Gasteiger partial charge in [0.05, 0.1) is 0 Å². The smallest absolute Gasteiger partial charge is 0.251 e. The van der Waals surface area contributed by atoms with Crippen LogP contribution < -0.4 is 10.6 Å². The van der Waals surface area contributed by atoms with Crippen LogP contribution in [-0.2, 0) is 16.8 Å². The number of amides is 2. The number of carbonyl (C=O) groups excluding carboxylic acids is 2. The van der Waals surface area contributed by atoms with Gasteiger partial charge in [0.2, 0.25) is 5.91 Å². The summed E-state index contributed by atoms with van der Waals surface area (Å²) in [5, 5.41) is 5.83. The molecule has 2 N–H and O–H groups in total. The highest BCUT2D eigenvalue weighted by Crippen LogP contribution is 2.22. The maximum absolute atomic E-state index is 12.9. The zero-order chi connectivity index (χ0) is 23.3. The third-order valence-electron chi connectivity index (χ3n) is 5.32. The van der Waals surface area contributed by atoms with Crippen molar-refractivity contribution in [2.75, 3.05) is 0 Å². The molecular weight excluding hydrogens is 402 g/mol. The Morgan fingerprint density at radius 3 is 2.38 bits per heavy atom. The lowest BCUT2D eigenvalue weighted by Crippen LogP contribution is -2.49. The summed E-state index contributed by atoms with van der Waals surface area (Å²) in [6, 6.07) is 10.6. The summed E-state index contributed by atoms with van der Waals surface area (Å²) in [4.78, 5) is 34.2. The van der Waals surface area contributed by atoms with Crippen molar-refractivity contribution in [1.29, 1.82) is 0 Å². The highest BCUT2D eigenvalue weighted by Gasteiger charge is 2.25. The molecule has 2 amide bonds. The summed E-state index contributed by atoms with van der Waals surface area (Å²) < 4.78 is 1.80. The van der Waals surface area contributed by atoms with Crippen molar-refractivity contribution in [2.24, 2.45) is 5.92 Å². The second-order valence-electron chi connectivity index (χ2n) is 9.20. The maximum atomic E-state index is 12.9. The van der Waals surface area contributed by atoms with Gasteiger partial charge in [0.25, 0.3) is 5.91 Å². The van der Waals surface area contributed by atoms with E-state index in [1.807, 2.05) is 38.1 Å². The van der Waals surface area contributed by atoms with Gasteiger partial charge in [-0.05, 0) is 35.1 Å². The van der Waals surface area contributed by atoms with Crippen molar-refractivity contribution < 1.29 is 9.59 Å². The van der Waals surface area contributed by atoms with E-state index in [0.717, 1.165) is 11.1 Å². The summed E-state index contributed by atoms with van der Waals surface area (Å²) >= 11 is 0. The van der Waals surface area contributed by atoms with E-state index >= 15 is 0 Å². The van der Waals surface area contributed by atoms with Crippen molar-refractivity contribution in [2.45, 2.75) is 52.6 Å². The van der Waals surface area contributed by atoms with E-state index in [4.69, 9.17) is 0 Å². The minimum absolute atomic E-state index is 0.0111. The first-order chi connectivity index (χ1) is 15.2. The molecule has 0 saturated carbocycles. The lowest BCUT2D eigenvalue weighted by Gasteiger charge is -2.23. The molecule has 0 bridgehead atoms. The Labute approximate surface area is 189 Å². The van der Waals surface area contributed by atoms with E-state index in [-0.39, 0.29) is 23.1 Å². The highest BCUT2D eigenvalue weighted by molar-refractivity contribution is 5.97. The minimum atomic E-state index is -0.654. The Morgan fingerprint density at radius 1 is 1.06 bits per heavy atom. The van der Waals surface area contributed by atoms with E-state index in [1.54, 1.807) is 41.6 Å². The first kappa shape index (κ1) is 23.2. The van der Waals surface area contributed by atoms with Gasteiger partial charge < -0.3 is 10.6 Å². The molecule has 0 saturated heterocycles. The van der Waals surface area contributed by atoms with E-state index < -0.39 is 6.04 Å². The Morgan fingerprint density at radius 2 is 1.78 bits per heavy atom. The van der Waals surface area contributed by atoms with Crippen LogP contribution in [0.15, 0.2) is 61.3 Å². The third kappa shape index (κ3) is 5.60. The Balaban J connectivity index is 1.67. The maximum Gasteiger partial charge on any atom is 0.251 e. The van der Waals surface area contributed by atoms with Gasteiger partial charge in [0.1, 0.15) is 18.2 Å². The van der Waals surface area contributed by atoms with E-state index in [9.17, 15) is 9.59 Å². The van der Waals surface area contributed by atoms with Crippen LogP contribution in [-0.4, -0.2) is 32.4 Å². The Kier molecular flexibility index (Phi) is 7.08. The van der Waals surface area contributed by atoms with Crippen LogP contribution in [0.2, 0.25) is 0 Å². The molecule has 2 aromatic heterocycles. The van der Waals surface area contributed by atoms with Gasteiger partial charge >= 0.3 is 0 Å². The van der Waals surface area contributed by atoms with Crippen molar-refractivity contribution in [1.82, 2.24) is 25.2 Å². The molecule has 0 aliphatic heterocycles. The number of hydrogen-bond donors (Lipinski definition) is 2.